The van der Waals surface area contributed by atoms with Gasteiger partial charge in [0.25, 0.3) is 0 Å². The fourth-order valence-electron chi connectivity index (χ4n) is 1.85. The Kier molecular flexibility index (Phi) is 6.12. The number of benzene rings is 2. The molecule has 0 spiro atoms. The molecule has 0 radical (unpaired) electrons. The monoisotopic (exact) mass is 321 g/mol. The first kappa shape index (κ1) is 15.9. The quantitative estimate of drug-likeness (QED) is 0.581. The maximum atomic E-state index is 6.11. The van der Waals surface area contributed by atoms with Crippen molar-refractivity contribution in [3.05, 3.63) is 76.3 Å². The minimum atomic E-state index is 0.354. The number of nitrogens with one attached hydrogen (secondary N) is 1. The maximum absolute atomic E-state index is 6.11. The van der Waals surface area contributed by atoms with E-state index >= 15 is 0 Å². The zero-order valence-electron chi connectivity index (χ0n) is 11.6. The Morgan fingerprint density at radius 2 is 1.71 bits per heavy atom. The number of rotatable bonds is 7. The zero-order valence-corrected chi connectivity index (χ0v) is 13.1. The first-order valence-corrected chi connectivity index (χ1v) is 7.42. The highest BCUT2D eigenvalue weighted by molar-refractivity contribution is 6.35. The maximum Gasteiger partial charge on any atom is 0.119 e. The van der Waals surface area contributed by atoms with E-state index in [1.165, 1.54) is 5.56 Å². The zero-order chi connectivity index (χ0) is 15.1. The second kappa shape index (κ2) is 8.08. The topological polar surface area (TPSA) is 21.3 Å². The van der Waals surface area contributed by atoms with Crippen LogP contribution in [0, 0.1) is 0 Å². The smallest absolute Gasteiger partial charge is 0.119 e. The molecule has 0 bridgehead atoms. The predicted octanol–water partition coefficient (Wildman–Crippen LogP) is 4.85. The largest absolute Gasteiger partial charge is 0.489 e. The summed E-state index contributed by atoms with van der Waals surface area (Å²) in [6, 6.07) is 13.4. The van der Waals surface area contributed by atoms with Crippen LogP contribution in [0.4, 0.5) is 0 Å². The van der Waals surface area contributed by atoms with E-state index in [1.807, 2.05) is 36.4 Å². The van der Waals surface area contributed by atoms with E-state index in [0.29, 0.717) is 16.7 Å². The van der Waals surface area contributed by atoms with Crippen molar-refractivity contribution >= 4 is 23.2 Å². The van der Waals surface area contributed by atoms with Gasteiger partial charge in [0.05, 0.1) is 0 Å². The van der Waals surface area contributed by atoms with Gasteiger partial charge in [-0.2, -0.15) is 0 Å². The van der Waals surface area contributed by atoms with Crippen molar-refractivity contribution in [2.24, 2.45) is 0 Å². The van der Waals surface area contributed by atoms with Crippen molar-refractivity contribution in [3.8, 4) is 5.75 Å². The average Bonchev–Trinajstić information content (AvgIpc) is 2.48. The van der Waals surface area contributed by atoms with Crippen molar-refractivity contribution < 1.29 is 4.74 Å². The molecule has 0 aliphatic heterocycles. The molecular formula is C17H17Cl2NO. The van der Waals surface area contributed by atoms with E-state index < -0.39 is 0 Å². The van der Waals surface area contributed by atoms with Crippen molar-refractivity contribution in [2.45, 2.75) is 13.2 Å². The van der Waals surface area contributed by atoms with Crippen molar-refractivity contribution in [1.29, 1.82) is 0 Å². The molecule has 0 aromatic heterocycles. The van der Waals surface area contributed by atoms with Gasteiger partial charge >= 0.3 is 0 Å². The van der Waals surface area contributed by atoms with Crippen molar-refractivity contribution in [1.82, 2.24) is 5.32 Å². The summed E-state index contributed by atoms with van der Waals surface area (Å²) in [7, 11) is 0. The first-order chi connectivity index (χ1) is 10.2. The highest BCUT2D eigenvalue weighted by atomic mass is 35.5. The molecule has 0 aliphatic rings. The molecule has 0 amide bonds. The molecule has 0 atom stereocenters. The van der Waals surface area contributed by atoms with Gasteiger partial charge in [0.15, 0.2) is 0 Å². The van der Waals surface area contributed by atoms with Crippen LogP contribution >= 0.6 is 23.2 Å². The Morgan fingerprint density at radius 3 is 2.33 bits per heavy atom. The van der Waals surface area contributed by atoms with Gasteiger partial charge in [-0.15, -0.1) is 6.58 Å². The fraction of sp³-hybridized carbons (Fsp3) is 0.176. The van der Waals surface area contributed by atoms with Crippen LogP contribution in [0.15, 0.2) is 55.1 Å². The lowest BCUT2D eigenvalue weighted by atomic mass is 10.2. The van der Waals surface area contributed by atoms with Gasteiger partial charge in [0.1, 0.15) is 12.4 Å². The Hall–Kier alpha value is -1.48. The van der Waals surface area contributed by atoms with Gasteiger partial charge in [-0.05, 0) is 29.8 Å². The standard InChI is InChI=1S/C17H17Cl2NO/c1-2-10-20-11-13-6-8-14(9-7-13)21-12-15-16(18)4-3-5-17(15)19/h2-9,20H,1,10-12H2. The summed E-state index contributed by atoms with van der Waals surface area (Å²) in [5, 5.41) is 4.49. The minimum Gasteiger partial charge on any atom is -0.489 e. The van der Waals surface area contributed by atoms with Crippen LogP contribution in [0.3, 0.4) is 0 Å². The Morgan fingerprint density at radius 1 is 1.05 bits per heavy atom. The van der Waals surface area contributed by atoms with Gasteiger partial charge in [-0.3, -0.25) is 0 Å². The van der Waals surface area contributed by atoms with Crippen LogP contribution in [-0.4, -0.2) is 6.54 Å². The number of ether oxygens (including phenoxy) is 1. The number of hydrogen-bond donors (Lipinski definition) is 1. The summed E-state index contributed by atoms with van der Waals surface area (Å²) in [6.07, 6.45) is 1.84. The number of hydrogen-bond acceptors (Lipinski definition) is 2. The van der Waals surface area contributed by atoms with Gasteiger partial charge in [-0.1, -0.05) is 47.5 Å². The molecule has 2 aromatic rings. The highest BCUT2D eigenvalue weighted by Gasteiger charge is 2.06. The summed E-state index contributed by atoms with van der Waals surface area (Å²) in [6.45, 7) is 5.63. The molecule has 0 saturated carbocycles. The van der Waals surface area contributed by atoms with E-state index in [4.69, 9.17) is 27.9 Å². The fourth-order valence-corrected chi connectivity index (χ4v) is 2.35. The van der Waals surface area contributed by atoms with Crippen LogP contribution < -0.4 is 10.1 Å². The molecule has 2 nitrogen and oxygen atoms in total. The Bertz CT molecular complexity index is 576. The molecule has 2 aromatic carbocycles. The third kappa shape index (κ3) is 4.78. The third-order valence-electron chi connectivity index (χ3n) is 2.99. The van der Waals surface area contributed by atoms with E-state index in [9.17, 15) is 0 Å². The molecular weight excluding hydrogens is 305 g/mol. The molecule has 1 N–H and O–H groups in total. The lowest BCUT2D eigenvalue weighted by molar-refractivity contribution is 0.306. The molecule has 0 aliphatic carbocycles. The van der Waals surface area contributed by atoms with E-state index in [1.54, 1.807) is 12.1 Å². The third-order valence-corrected chi connectivity index (χ3v) is 3.69. The van der Waals surface area contributed by atoms with Crippen LogP contribution in [0.1, 0.15) is 11.1 Å². The molecule has 0 saturated heterocycles. The predicted molar refractivity (Wildman–Crippen MR) is 89.1 cm³/mol. The summed E-state index contributed by atoms with van der Waals surface area (Å²) in [5.74, 6) is 0.790. The van der Waals surface area contributed by atoms with Gasteiger partial charge in [-0.25, -0.2) is 0 Å². The molecule has 2 rings (SSSR count). The lowest BCUT2D eigenvalue weighted by Crippen LogP contribution is -2.12. The van der Waals surface area contributed by atoms with Crippen LogP contribution in [-0.2, 0) is 13.2 Å². The lowest BCUT2D eigenvalue weighted by Gasteiger charge is -2.10. The molecule has 0 unspecified atom stereocenters. The summed E-state index contributed by atoms with van der Waals surface area (Å²) >= 11 is 12.2. The minimum absolute atomic E-state index is 0.354. The summed E-state index contributed by atoms with van der Waals surface area (Å²) < 4.78 is 5.73. The number of halogens is 2. The van der Waals surface area contributed by atoms with Crippen LogP contribution in [0.2, 0.25) is 10.0 Å². The molecule has 21 heavy (non-hydrogen) atoms. The Labute approximate surface area is 135 Å². The van der Waals surface area contributed by atoms with E-state index in [0.717, 1.165) is 24.4 Å². The summed E-state index contributed by atoms with van der Waals surface area (Å²) in [5.41, 5.74) is 2.00. The van der Waals surface area contributed by atoms with Crippen molar-refractivity contribution in [3.63, 3.8) is 0 Å². The second-order valence-electron chi connectivity index (χ2n) is 4.55. The van der Waals surface area contributed by atoms with Gasteiger partial charge in [0, 0.05) is 28.7 Å². The first-order valence-electron chi connectivity index (χ1n) is 6.67. The second-order valence-corrected chi connectivity index (χ2v) is 5.37. The summed E-state index contributed by atoms with van der Waals surface area (Å²) in [4.78, 5) is 0. The molecule has 0 heterocycles. The SMILES string of the molecule is C=CCNCc1ccc(OCc2c(Cl)cccc2Cl)cc1. The highest BCUT2D eigenvalue weighted by Crippen LogP contribution is 2.25. The van der Waals surface area contributed by atoms with Crippen molar-refractivity contribution in [2.75, 3.05) is 6.54 Å². The normalized spacial score (nSPS) is 10.4. The molecule has 110 valence electrons. The van der Waals surface area contributed by atoms with Crippen LogP contribution in [0.25, 0.3) is 0 Å². The van der Waals surface area contributed by atoms with Gasteiger partial charge in [0.2, 0.25) is 0 Å². The van der Waals surface area contributed by atoms with Gasteiger partial charge < -0.3 is 10.1 Å². The average molecular weight is 322 g/mol. The Balaban J connectivity index is 1.93. The van der Waals surface area contributed by atoms with Crippen LogP contribution in [0.5, 0.6) is 5.75 Å². The molecule has 4 heteroatoms. The molecule has 0 fully saturated rings. The van der Waals surface area contributed by atoms with E-state index in [2.05, 4.69) is 11.9 Å². The van der Waals surface area contributed by atoms with E-state index in [-0.39, 0.29) is 0 Å².